The first-order valence-electron chi connectivity index (χ1n) is 7.49. The molecule has 1 aromatic carbocycles. The fourth-order valence-electron chi connectivity index (χ4n) is 2.56. The highest BCUT2D eigenvalue weighted by Crippen LogP contribution is 2.22. The van der Waals surface area contributed by atoms with Gasteiger partial charge in [0.05, 0.1) is 12.6 Å². The zero-order valence-electron chi connectivity index (χ0n) is 12.8. The number of carbonyl (C=O) groups is 1. The van der Waals surface area contributed by atoms with Gasteiger partial charge in [-0.1, -0.05) is 18.2 Å². The van der Waals surface area contributed by atoms with Crippen LogP contribution in [0.15, 0.2) is 29.1 Å². The molecular weight excluding hydrogens is 298 g/mol. The Labute approximate surface area is 132 Å². The summed E-state index contributed by atoms with van der Waals surface area (Å²) >= 11 is 0. The van der Waals surface area contributed by atoms with Gasteiger partial charge < -0.3 is 10.1 Å². The first-order valence-corrected chi connectivity index (χ1v) is 7.49. The molecule has 0 saturated carbocycles. The summed E-state index contributed by atoms with van der Waals surface area (Å²) in [4.78, 5) is 27.8. The minimum atomic E-state index is -0.387. The second-order valence-electron chi connectivity index (χ2n) is 5.52. The first-order chi connectivity index (χ1) is 11.1. The van der Waals surface area contributed by atoms with Gasteiger partial charge >= 0.3 is 5.69 Å². The van der Waals surface area contributed by atoms with Crippen LogP contribution in [0.4, 0.5) is 0 Å². The molecule has 122 valence electrons. The molecule has 1 aromatic heterocycles. The fourth-order valence-corrected chi connectivity index (χ4v) is 2.56. The first kappa shape index (κ1) is 15.3. The summed E-state index contributed by atoms with van der Waals surface area (Å²) in [6.07, 6.45) is 0. The maximum atomic E-state index is 12.2. The molecule has 0 spiro atoms. The zero-order chi connectivity index (χ0) is 16.2. The molecule has 2 heterocycles. The second kappa shape index (κ2) is 6.66. The van der Waals surface area contributed by atoms with Crippen molar-refractivity contribution < 1.29 is 9.53 Å². The lowest BCUT2D eigenvalue weighted by molar-refractivity contribution is -0.123. The Morgan fingerprint density at radius 1 is 1.48 bits per heavy atom. The normalized spacial score (nSPS) is 16.0. The molecule has 1 atom stereocenters. The molecule has 2 aromatic rings. The molecule has 0 radical (unpaired) electrons. The Balaban J connectivity index is 1.58. The summed E-state index contributed by atoms with van der Waals surface area (Å²) < 4.78 is 5.69. The molecule has 1 aliphatic heterocycles. The van der Waals surface area contributed by atoms with E-state index in [0.717, 1.165) is 11.3 Å². The van der Waals surface area contributed by atoms with Gasteiger partial charge in [0.25, 0.3) is 0 Å². The van der Waals surface area contributed by atoms with Gasteiger partial charge in [0, 0.05) is 18.7 Å². The maximum Gasteiger partial charge on any atom is 0.340 e. The van der Waals surface area contributed by atoms with Gasteiger partial charge in [-0.05, 0) is 13.0 Å². The quantitative estimate of drug-likeness (QED) is 0.746. The molecule has 1 aliphatic rings. The number of amides is 1. The molecule has 0 fully saturated rings. The number of aromatic nitrogens is 3. The Morgan fingerprint density at radius 3 is 3.09 bits per heavy atom. The van der Waals surface area contributed by atoms with Gasteiger partial charge in [-0.25, -0.2) is 9.89 Å². The van der Waals surface area contributed by atoms with Gasteiger partial charge in [0.1, 0.15) is 12.4 Å². The fraction of sp³-hybridized carbons (Fsp3) is 0.400. The van der Waals surface area contributed by atoms with Crippen LogP contribution in [-0.4, -0.2) is 45.7 Å². The molecule has 23 heavy (non-hydrogen) atoms. The van der Waals surface area contributed by atoms with Crippen LogP contribution >= 0.6 is 0 Å². The standard InChI is InChI=1S/C15H19N5O3/c1-10(14-17-15(22)19-18-14)16-13(21)9-20-6-7-23-12-5-3-2-4-11(12)8-20/h2-5,10H,6-9H2,1H3,(H,16,21)(H2,17,18,19,22)/t10-/m1/s1. The van der Waals surface area contributed by atoms with Crippen LogP contribution in [0.3, 0.4) is 0 Å². The molecule has 1 amide bonds. The molecule has 0 aliphatic carbocycles. The van der Waals surface area contributed by atoms with Crippen molar-refractivity contribution in [3.05, 3.63) is 46.1 Å². The van der Waals surface area contributed by atoms with E-state index in [9.17, 15) is 9.59 Å². The summed E-state index contributed by atoms with van der Waals surface area (Å²) in [5.41, 5.74) is 0.685. The minimum absolute atomic E-state index is 0.124. The van der Waals surface area contributed by atoms with Crippen molar-refractivity contribution in [1.82, 2.24) is 25.4 Å². The van der Waals surface area contributed by atoms with Crippen molar-refractivity contribution in [3.8, 4) is 5.75 Å². The number of para-hydroxylation sites is 1. The second-order valence-corrected chi connectivity index (χ2v) is 5.52. The molecule has 0 saturated heterocycles. The highest BCUT2D eigenvalue weighted by molar-refractivity contribution is 5.78. The van der Waals surface area contributed by atoms with Crippen molar-refractivity contribution >= 4 is 5.91 Å². The van der Waals surface area contributed by atoms with Crippen molar-refractivity contribution in [2.75, 3.05) is 19.7 Å². The number of ether oxygens (including phenoxy) is 1. The van der Waals surface area contributed by atoms with E-state index >= 15 is 0 Å². The lowest BCUT2D eigenvalue weighted by Crippen LogP contribution is -2.39. The zero-order valence-corrected chi connectivity index (χ0v) is 12.8. The van der Waals surface area contributed by atoms with Crippen LogP contribution in [0.2, 0.25) is 0 Å². The number of carbonyl (C=O) groups excluding carboxylic acids is 1. The van der Waals surface area contributed by atoms with Gasteiger partial charge in [-0.2, -0.15) is 5.10 Å². The van der Waals surface area contributed by atoms with Gasteiger partial charge in [0.2, 0.25) is 5.91 Å². The smallest absolute Gasteiger partial charge is 0.340 e. The van der Waals surface area contributed by atoms with E-state index in [1.165, 1.54) is 0 Å². The molecule has 3 rings (SSSR count). The lowest BCUT2D eigenvalue weighted by Gasteiger charge is -2.20. The van der Waals surface area contributed by atoms with Crippen LogP contribution < -0.4 is 15.7 Å². The number of benzene rings is 1. The Kier molecular flexibility index (Phi) is 4.42. The van der Waals surface area contributed by atoms with Crippen LogP contribution in [0.1, 0.15) is 24.4 Å². The molecule has 0 unspecified atom stereocenters. The summed E-state index contributed by atoms with van der Waals surface area (Å²) in [7, 11) is 0. The van der Waals surface area contributed by atoms with Crippen molar-refractivity contribution in [3.63, 3.8) is 0 Å². The number of hydrogen-bond acceptors (Lipinski definition) is 5. The highest BCUT2D eigenvalue weighted by atomic mass is 16.5. The number of hydrogen-bond donors (Lipinski definition) is 3. The average molecular weight is 317 g/mol. The van der Waals surface area contributed by atoms with Gasteiger partial charge in [-0.3, -0.25) is 14.7 Å². The van der Waals surface area contributed by atoms with Crippen molar-refractivity contribution in [2.45, 2.75) is 19.5 Å². The Bertz CT molecular complexity index is 738. The van der Waals surface area contributed by atoms with Crippen molar-refractivity contribution in [1.29, 1.82) is 0 Å². The largest absolute Gasteiger partial charge is 0.492 e. The summed E-state index contributed by atoms with van der Waals surface area (Å²) in [5, 5.41) is 8.93. The molecule has 8 heteroatoms. The summed E-state index contributed by atoms with van der Waals surface area (Å²) in [6, 6.07) is 7.48. The van der Waals surface area contributed by atoms with E-state index in [-0.39, 0.29) is 24.2 Å². The van der Waals surface area contributed by atoms with E-state index in [2.05, 4.69) is 20.5 Å². The summed E-state index contributed by atoms with van der Waals surface area (Å²) in [5.74, 6) is 1.16. The van der Waals surface area contributed by atoms with Crippen LogP contribution in [0, 0.1) is 0 Å². The van der Waals surface area contributed by atoms with Crippen LogP contribution in [-0.2, 0) is 11.3 Å². The number of nitrogens with one attached hydrogen (secondary N) is 3. The molecule has 3 N–H and O–H groups in total. The van der Waals surface area contributed by atoms with Crippen molar-refractivity contribution in [2.24, 2.45) is 0 Å². The average Bonchev–Trinajstić information content (AvgIpc) is 2.85. The highest BCUT2D eigenvalue weighted by Gasteiger charge is 2.19. The Morgan fingerprint density at radius 2 is 2.30 bits per heavy atom. The van der Waals surface area contributed by atoms with Gasteiger partial charge in [-0.15, -0.1) is 0 Å². The van der Waals surface area contributed by atoms with E-state index in [4.69, 9.17) is 4.74 Å². The van der Waals surface area contributed by atoms with Gasteiger partial charge in [0.15, 0.2) is 5.82 Å². The molecular formula is C15H19N5O3. The summed E-state index contributed by atoms with van der Waals surface area (Å²) in [6.45, 7) is 3.92. The Hall–Kier alpha value is -2.61. The van der Waals surface area contributed by atoms with Crippen LogP contribution in [0.25, 0.3) is 0 Å². The number of fused-ring (bicyclic) bond motifs is 1. The monoisotopic (exact) mass is 317 g/mol. The number of H-pyrrole nitrogens is 2. The van der Waals surface area contributed by atoms with E-state index in [0.29, 0.717) is 25.5 Å². The van der Waals surface area contributed by atoms with E-state index < -0.39 is 0 Å². The number of nitrogens with zero attached hydrogens (tertiary/aromatic N) is 2. The number of aromatic amines is 2. The third-order valence-corrected chi connectivity index (χ3v) is 3.71. The lowest BCUT2D eigenvalue weighted by atomic mass is 10.2. The number of rotatable bonds is 4. The predicted molar refractivity (Wildman–Crippen MR) is 83.0 cm³/mol. The third-order valence-electron chi connectivity index (χ3n) is 3.71. The minimum Gasteiger partial charge on any atom is -0.492 e. The molecule has 0 bridgehead atoms. The third kappa shape index (κ3) is 3.78. The van der Waals surface area contributed by atoms with E-state index in [1.54, 1.807) is 6.92 Å². The van der Waals surface area contributed by atoms with E-state index in [1.807, 2.05) is 29.2 Å². The predicted octanol–water partition coefficient (Wildman–Crippen LogP) is 0.170. The SMILES string of the molecule is C[C@@H](NC(=O)CN1CCOc2ccccc2C1)c1n[nH]c(=O)[nH]1. The molecule has 8 nitrogen and oxygen atoms in total. The topological polar surface area (TPSA) is 103 Å². The van der Waals surface area contributed by atoms with Crippen LogP contribution in [0.5, 0.6) is 5.75 Å². The maximum absolute atomic E-state index is 12.2.